The van der Waals surface area contributed by atoms with Crippen LogP contribution in [0.2, 0.25) is 5.02 Å². The van der Waals surface area contributed by atoms with Crippen LogP contribution in [0, 0.1) is 5.41 Å². The van der Waals surface area contributed by atoms with Crippen LogP contribution in [0.3, 0.4) is 0 Å². The first-order chi connectivity index (χ1) is 11.9. The fourth-order valence-corrected chi connectivity index (χ4v) is 3.20. The lowest BCUT2D eigenvalue weighted by Gasteiger charge is -2.24. The third-order valence-corrected chi connectivity index (χ3v) is 5.30. The Bertz CT molecular complexity index is 804. The molecule has 0 radical (unpaired) electrons. The maximum absolute atomic E-state index is 12.6. The topological polar surface area (TPSA) is 44.7 Å². The van der Waals surface area contributed by atoms with E-state index in [0.29, 0.717) is 11.6 Å². The molecule has 1 aliphatic heterocycles. The van der Waals surface area contributed by atoms with Crippen LogP contribution in [0.1, 0.15) is 25.8 Å². The summed E-state index contributed by atoms with van der Waals surface area (Å²) in [5.41, 5.74) is 2.46. The second kappa shape index (κ2) is 7.18. The smallest absolute Gasteiger partial charge is 0.306 e. The van der Waals surface area contributed by atoms with Gasteiger partial charge in [0.15, 0.2) is 0 Å². The van der Waals surface area contributed by atoms with Crippen molar-refractivity contribution in [2.75, 3.05) is 11.9 Å². The van der Waals surface area contributed by atoms with Gasteiger partial charge in [-0.25, -0.2) is 9.80 Å². The van der Waals surface area contributed by atoms with Crippen LogP contribution in [-0.4, -0.2) is 23.3 Å². The molecule has 130 valence electrons. The number of halogens is 2. The van der Waals surface area contributed by atoms with E-state index in [4.69, 9.17) is 11.6 Å². The van der Waals surface area contributed by atoms with E-state index in [1.54, 1.807) is 0 Å². The molecule has 1 heterocycles. The van der Waals surface area contributed by atoms with Gasteiger partial charge in [-0.15, -0.1) is 0 Å². The molecule has 2 aromatic rings. The van der Waals surface area contributed by atoms with Crippen LogP contribution in [0.4, 0.5) is 10.5 Å². The number of hydrazone groups is 1. The van der Waals surface area contributed by atoms with Crippen LogP contribution in [0.5, 0.6) is 0 Å². The van der Waals surface area contributed by atoms with E-state index in [0.717, 1.165) is 27.9 Å². The summed E-state index contributed by atoms with van der Waals surface area (Å²) in [4.78, 5) is 12.6. The molecular formula is C19H19BrClN3O. The SMILES string of the molecule is CCC1(C)CN(C(=O)Nc2ccc(Br)cc2)N=C1c1ccc(Cl)cc1. The molecule has 2 aromatic carbocycles. The summed E-state index contributed by atoms with van der Waals surface area (Å²) in [5.74, 6) is 0. The standard InChI is InChI=1S/C19H19BrClN3O/c1-3-19(2)12-24(18(25)22-16-10-6-14(20)7-11-16)23-17(19)13-4-8-15(21)9-5-13/h4-11H,3,12H2,1-2H3,(H,22,25). The number of urea groups is 1. The predicted molar refractivity (Wildman–Crippen MR) is 106 cm³/mol. The van der Waals surface area contributed by atoms with Crippen LogP contribution in [0.25, 0.3) is 0 Å². The van der Waals surface area contributed by atoms with Gasteiger partial charge in [-0.2, -0.15) is 5.10 Å². The monoisotopic (exact) mass is 419 g/mol. The average Bonchev–Trinajstić information content (AvgIpc) is 2.96. The Balaban J connectivity index is 1.83. The molecule has 0 bridgehead atoms. The molecule has 4 nitrogen and oxygen atoms in total. The first-order valence-electron chi connectivity index (χ1n) is 8.10. The zero-order chi connectivity index (χ0) is 18.0. The lowest BCUT2D eigenvalue weighted by molar-refractivity contribution is 0.207. The molecule has 0 saturated heterocycles. The summed E-state index contributed by atoms with van der Waals surface area (Å²) in [6.45, 7) is 4.79. The molecule has 0 saturated carbocycles. The Morgan fingerprint density at radius 1 is 1.24 bits per heavy atom. The first kappa shape index (κ1) is 18.0. The fourth-order valence-electron chi connectivity index (χ4n) is 2.81. The Hall–Kier alpha value is -1.85. The second-order valence-electron chi connectivity index (χ2n) is 6.36. The van der Waals surface area contributed by atoms with E-state index >= 15 is 0 Å². The van der Waals surface area contributed by atoms with Crippen molar-refractivity contribution in [2.45, 2.75) is 20.3 Å². The minimum atomic E-state index is -0.231. The molecule has 0 spiro atoms. The van der Waals surface area contributed by atoms with Gasteiger partial charge >= 0.3 is 6.03 Å². The summed E-state index contributed by atoms with van der Waals surface area (Å²) in [7, 11) is 0. The highest BCUT2D eigenvalue weighted by molar-refractivity contribution is 9.10. The molecule has 2 amide bonds. The number of carbonyl (C=O) groups excluding carboxylic acids is 1. The van der Waals surface area contributed by atoms with Crippen LogP contribution in [0.15, 0.2) is 58.1 Å². The lowest BCUT2D eigenvalue weighted by Crippen LogP contribution is -2.35. The Morgan fingerprint density at radius 2 is 1.88 bits per heavy atom. The number of benzene rings is 2. The minimum Gasteiger partial charge on any atom is -0.306 e. The van der Waals surface area contributed by atoms with E-state index in [9.17, 15) is 4.79 Å². The van der Waals surface area contributed by atoms with Crippen molar-refractivity contribution in [3.8, 4) is 0 Å². The van der Waals surface area contributed by atoms with Gasteiger partial charge in [0.1, 0.15) is 0 Å². The van der Waals surface area contributed by atoms with Crippen molar-refractivity contribution in [2.24, 2.45) is 10.5 Å². The molecular weight excluding hydrogens is 402 g/mol. The zero-order valence-electron chi connectivity index (χ0n) is 14.1. The number of amides is 2. The van der Waals surface area contributed by atoms with Gasteiger partial charge in [-0.3, -0.25) is 0 Å². The van der Waals surface area contributed by atoms with Crippen molar-refractivity contribution in [1.82, 2.24) is 5.01 Å². The van der Waals surface area contributed by atoms with Crippen LogP contribution in [-0.2, 0) is 0 Å². The summed E-state index contributed by atoms with van der Waals surface area (Å²) in [5, 5.41) is 9.70. The Kier molecular flexibility index (Phi) is 5.16. The normalized spacial score (nSPS) is 19.7. The predicted octanol–water partition coefficient (Wildman–Crippen LogP) is 5.77. The molecule has 25 heavy (non-hydrogen) atoms. The summed E-state index contributed by atoms with van der Waals surface area (Å²) < 4.78 is 0.966. The third-order valence-electron chi connectivity index (χ3n) is 4.52. The summed E-state index contributed by atoms with van der Waals surface area (Å²) in [6.07, 6.45) is 0.885. The van der Waals surface area contributed by atoms with Gasteiger partial charge in [0.2, 0.25) is 0 Å². The van der Waals surface area contributed by atoms with Gasteiger partial charge in [-0.1, -0.05) is 53.5 Å². The first-order valence-corrected chi connectivity index (χ1v) is 9.27. The molecule has 6 heteroatoms. The van der Waals surface area contributed by atoms with Crippen molar-refractivity contribution < 1.29 is 4.79 Å². The van der Waals surface area contributed by atoms with Crippen molar-refractivity contribution in [1.29, 1.82) is 0 Å². The van der Waals surface area contributed by atoms with E-state index in [1.807, 2.05) is 48.5 Å². The molecule has 1 unspecified atom stereocenters. The molecule has 0 aliphatic carbocycles. The molecule has 1 N–H and O–H groups in total. The van der Waals surface area contributed by atoms with Crippen molar-refractivity contribution in [3.63, 3.8) is 0 Å². The number of rotatable bonds is 3. The number of hydrogen-bond acceptors (Lipinski definition) is 2. The maximum Gasteiger partial charge on any atom is 0.342 e. The van der Waals surface area contributed by atoms with Crippen LogP contribution < -0.4 is 5.32 Å². The number of carbonyl (C=O) groups is 1. The third kappa shape index (κ3) is 3.88. The molecule has 3 rings (SSSR count). The lowest BCUT2D eigenvalue weighted by atomic mass is 9.80. The number of nitrogens with zero attached hydrogens (tertiary/aromatic N) is 2. The number of nitrogens with one attached hydrogen (secondary N) is 1. The quantitative estimate of drug-likeness (QED) is 0.673. The van der Waals surface area contributed by atoms with E-state index < -0.39 is 0 Å². The largest absolute Gasteiger partial charge is 0.342 e. The summed E-state index contributed by atoms with van der Waals surface area (Å²) >= 11 is 9.37. The number of anilines is 1. The van der Waals surface area contributed by atoms with E-state index in [2.05, 4.69) is 40.2 Å². The zero-order valence-corrected chi connectivity index (χ0v) is 16.4. The van der Waals surface area contributed by atoms with Gasteiger partial charge in [0, 0.05) is 20.6 Å². The Morgan fingerprint density at radius 3 is 2.48 bits per heavy atom. The summed E-state index contributed by atoms with van der Waals surface area (Å²) in [6, 6.07) is 14.8. The van der Waals surface area contributed by atoms with Crippen molar-refractivity contribution in [3.05, 3.63) is 63.6 Å². The van der Waals surface area contributed by atoms with Gasteiger partial charge < -0.3 is 5.32 Å². The average molecular weight is 421 g/mol. The molecule has 1 atom stereocenters. The van der Waals surface area contributed by atoms with Gasteiger partial charge in [-0.05, 0) is 48.4 Å². The van der Waals surface area contributed by atoms with Crippen molar-refractivity contribution >= 4 is 45.0 Å². The minimum absolute atomic E-state index is 0.190. The van der Waals surface area contributed by atoms with E-state index in [-0.39, 0.29) is 11.4 Å². The maximum atomic E-state index is 12.6. The van der Waals surface area contributed by atoms with Crippen LogP contribution >= 0.6 is 27.5 Å². The number of hydrogen-bond donors (Lipinski definition) is 1. The van der Waals surface area contributed by atoms with E-state index in [1.165, 1.54) is 5.01 Å². The molecule has 1 aliphatic rings. The highest BCUT2D eigenvalue weighted by atomic mass is 79.9. The van der Waals surface area contributed by atoms with Gasteiger partial charge in [0.25, 0.3) is 0 Å². The van der Waals surface area contributed by atoms with Gasteiger partial charge in [0.05, 0.1) is 12.3 Å². The molecule has 0 aromatic heterocycles. The highest BCUT2D eigenvalue weighted by Crippen LogP contribution is 2.34. The second-order valence-corrected chi connectivity index (χ2v) is 7.72. The highest BCUT2D eigenvalue weighted by Gasteiger charge is 2.39. The Labute approximate surface area is 161 Å². The fraction of sp³-hybridized carbons (Fsp3) is 0.263. The molecule has 0 fully saturated rings.